The van der Waals surface area contributed by atoms with Crippen molar-refractivity contribution in [3.05, 3.63) is 88.3 Å². The van der Waals surface area contributed by atoms with Crippen molar-refractivity contribution in [1.82, 2.24) is 4.98 Å². The zero-order valence-electron chi connectivity index (χ0n) is 15.2. The fourth-order valence-corrected chi connectivity index (χ4v) is 3.78. The van der Waals surface area contributed by atoms with Crippen LogP contribution in [0.5, 0.6) is 11.5 Å². The third-order valence-corrected chi connectivity index (χ3v) is 5.09. The van der Waals surface area contributed by atoms with Crippen LogP contribution in [-0.4, -0.2) is 16.1 Å². The maximum absolute atomic E-state index is 12.8. The summed E-state index contributed by atoms with van der Waals surface area (Å²) in [6.45, 7) is 0. The minimum atomic E-state index is -0.417. The molecule has 1 aliphatic heterocycles. The van der Waals surface area contributed by atoms with Gasteiger partial charge < -0.3 is 14.3 Å². The zero-order valence-corrected chi connectivity index (χ0v) is 15.2. The van der Waals surface area contributed by atoms with E-state index in [-0.39, 0.29) is 40.2 Å². The number of ether oxygens (including phenoxy) is 1. The molecule has 0 saturated heterocycles. The number of benzene rings is 2. The molecule has 1 atom stereocenters. The lowest BCUT2D eigenvalue weighted by Crippen LogP contribution is -2.22. The molecule has 6 heteroatoms. The molecular formula is C23H15NO5. The van der Waals surface area contributed by atoms with Gasteiger partial charge in [0.1, 0.15) is 28.2 Å². The Morgan fingerprint density at radius 3 is 2.52 bits per heavy atom. The summed E-state index contributed by atoms with van der Waals surface area (Å²) in [5.74, 6) is -0.510. The van der Waals surface area contributed by atoms with Crippen LogP contribution in [0.1, 0.15) is 23.5 Å². The Hall–Kier alpha value is -3.93. The van der Waals surface area contributed by atoms with Crippen molar-refractivity contribution < 1.29 is 19.1 Å². The van der Waals surface area contributed by atoms with E-state index in [4.69, 9.17) is 9.15 Å². The number of phenols is 1. The molecule has 5 rings (SSSR count). The molecule has 0 radical (unpaired) electrons. The molecule has 0 bridgehead atoms. The lowest BCUT2D eigenvalue weighted by atomic mass is 9.85. The maximum Gasteiger partial charge on any atom is 0.312 e. The van der Waals surface area contributed by atoms with E-state index < -0.39 is 5.97 Å². The van der Waals surface area contributed by atoms with Crippen molar-refractivity contribution >= 4 is 16.9 Å². The summed E-state index contributed by atoms with van der Waals surface area (Å²) in [7, 11) is 0. The number of aromatic hydroxyl groups is 1. The second-order valence-electron chi connectivity index (χ2n) is 6.86. The van der Waals surface area contributed by atoms with Crippen LogP contribution in [0.3, 0.4) is 0 Å². The number of aromatic nitrogens is 1. The van der Waals surface area contributed by atoms with Crippen molar-refractivity contribution in [3.63, 3.8) is 0 Å². The van der Waals surface area contributed by atoms with Crippen molar-refractivity contribution in [1.29, 1.82) is 0 Å². The summed E-state index contributed by atoms with van der Waals surface area (Å²) in [5, 5.41) is 10.5. The smallest absolute Gasteiger partial charge is 0.312 e. The first-order valence-electron chi connectivity index (χ1n) is 9.11. The van der Waals surface area contributed by atoms with Crippen LogP contribution in [0, 0.1) is 0 Å². The summed E-state index contributed by atoms with van der Waals surface area (Å²) < 4.78 is 11.5. The van der Waals surface area contributed by atoms with Crippen molar-refractivity contribution in [2.75, 3.05) is 0 Å². The molecule has 0 amide bonds. The summed E-state index contributed by atoms with van der Waals surface area (Å²) in [5.41, 5.74) is 2.00. The molecule has 6 nitrogen and oxygen atoms in total. The van der Waals surface area contributed by atoms with E-state index in [1.807, 2.05) is 42.5 Å². The summed E-state index contributed by atoms with van der Waals surface area (Å²) in [4.78, 5) is 29.1. The van der Waals surface area contributed by atoms with Gasteiger partial charge >= 0.3 is 5.97 Å². The van der Waals surface area contributed by atoms with Crippen LogP contribution in [-0.2, 0) is 4.79 Å². The van der Waals surface area contributed by atoms with E-state index in [0.29, 0.717) is 11.3 Å². The first-order chi connectivity index (χ1) is 14.1. The Labute approximate surface area is 165 Å². The van der Waals surface area contributed by atoms with Gasteiger partial charge in [-0.3, -0.25) is 14.6 Å². The number of fused-ring (bicyclic) bond motifs is 3. The van der Waals surface area contributed by atoms with E-state index >= 15 is 0 Å². The maximum atomic E-state index is 12.8. The van der Waals surface area contributed by atoms with Crippen LogP contribution in [0.4, 0.5) is 0 Å². The highest BCUT2D eigenvalue weighted by molar-refractivity contribution is 5.93. The highest BCUT2D eigenvalue weighted by atomic mass is 16.5. The van der Waals surface area contributed by atoms with Crippen LogP contribution >= 0.6 is 0 Å². The average molecular weight is 385 g/mol. The summed E-state index contributed by atoms with van der Waals surface area (Å²) in [6, 6.07) is 15.5. The quantitative estimate of drug-likeness (QED) is 0.414. The number of nitrogens with zero attached hydrogens (tertiary/aromatic N) is 1. The molecule has 4 aromatic rings. The van der Waals surface area contributed by atoms with E-state index in [2.05, 4.69) is 4.98 Å². The first-order valence-corrected chi connectivity index (χ1v) is 9.11. The highest BCUT2D eigenvalue weighted by Gasteiger charge is 2.33. The Balaban J connectivity index is 1.85. The van der Waals surface area contributed by atoms with Gasteiger partial charge in [0.25, 0.3) is 0 Å². The van der Waals surface area contributed by atoms with Gasteiger partial charge in [-0.2, -0.15) is 0 Å². The zero-order chi connectivity index (χ0) is 20.0. The molecule has 2 aromatic heterocycles. The molecule has 0 aliphatic carbocycles. The van der Waals surface area contributed by atoms with E-state index in [0.717, 1.165) is 11.1 Å². The molecule has 0 spiro atoms. The van der Waals surface area contributed by atoms with Crippen molar-refractivity contribution in [2.45, 2.75) is 12.3 Å². The normalized spacial score (nSPS) is 15.7. The van der Waals surface area contributed by atoms with Crippen LogP contribution < -0.4 is 10.2 Å². The topological polar surface area (TPSA) is 89.6 Å². The molecule has 3 heterocycles. The molecule has 1 aliphatic rings. The molecule has 29 heavy (non-hydrogen) atoms. The largest absolute Gasteiger partial charge is 0.507 e. The number of hydrogen-bond acceptors (Lipinski definition) is 6. The Morgan fingerprint density at radius 2 is 1.76 bits per heavy atom. The Kier molecular flexibility index (Phi) is 3.91. The van der Waals surface area contributed by atoms with Crippen LogP contribution in [0.2, 0.25) is 0 Å². The Morgan fingerprint density at radius 1 is 1.00 bits per heavy atom. The van der Waals surface area contributed by atoms with Gasteiger partial charge in [0, 0.05) is 41.6 Å². The summed E-state index contributed by atoms with van der Waals surface area (Å²) in [6.07, 6.45) is 3.38. The molecule has 2 aromatic carbocycles. The fraction of sp³-hybridized carbons (Fsp3) is 0.0870. The minimum Gasteiger partial charge on any atom is -0.507 e. The summed E-state index contributed by atoms with van der Waals surface area (Å²) >= 11 is 0. The first kappa shape index (κ1) is 17.2. The predicted octanol–water partition coefficient (Wildman–Crippen LogP) is 4.00. The standard InChI is InChI=1S/C23H15NO5/c25-16-11-18(14-4-2-1-3-5-14)29-23-21-15(13-6-8-24-9-7-13)10-20(27)28-19(21)12-17(26)22(16)23/h1-9,11-12,15,26H,10H2/t15-/m1/s1. The average Bonchev–Trinajstić information content (AvgIpc) is 2.73. The van der Waals surface area contributed by atoms with Gasteiger partial charge in [-0.15, -0.1) is 0 Å². The second-order valence-corrected chi connectivity index (χ2v) is 6.86. The lowest BCUT2D eigenvalue weighted by molar-refractivity contribution is -0.135. The molecule has 1 N–H and O–H groups in total. The van der Waals surface area contributed by atoms with Crippen LogP contribution in [0.15, 0.2) is 76.2 Å². The number of pyridine rings is 1. The Bertz CT molecular complexity index is 1300. The molecule has 0 unspecified atom stereocenters. The monoisotopic (exact) mass is 385 g/mol. The van der Waals surface area contributed by atoms with Gasteiger partial charge in [0.2, 0.25) is 0 Å². The second kappa shape index (κ2) is 6.60. The van der Waals surface area contributed by atoms with Gasteiger partial charge in [0.15, 0.2) is 5.43 Å². The van der Waals surface area contributed by atoms with Gasteiger partial charge in [-0.05, 0) is 17.7 Å². The molecular weight excluding hydrogens is 370 g/mol. The lowest BCUT2D eigenvalue weighted by Gasteiger charge is -2.25. The minimum absolute atomic E-state index is 0.0698. The highest BCUT2D eigenvalue weighted by Crippen LogP contribution is 2.45. The number of phenolic OH excluding ortho intramolecular Hbond substituents is 1. The number of carbonyl (C=O) groups excluding carboxylic acids is 1. The number of hydrogen-bond donors (Lipinski definition) is 1. The molecule has 0 saturated carbocycles. The number of carbonyl (C=O) groups is 1. The van der Waals surface area contributed by atoms with Gasteiger partial charge in [-0.25, -0.2) is 0 Å². The third kappa shape index (κ3) is 2.86. The van der Waals surface area contributed by atoms with Crippen molar-refractivity contribution in [2.24, 2.45) is 0 Å². The van der Waals surface area contributed by atoms with E-state index in [9.17, 15) is 14.7 Å². The SMILES string of the molecule is O=C1C[C@H](c2ccncc2)c2c(cc(O)c3c(=O)cc(-c4ccccc4)oc23)O1. The fourth-order valence-electron chi connectivity index (χ4n) is 3.78. The number of esters is 1. The third-order valence-electron chi connectivity index (χ3n) is 5.09. The van der Waals surface area contributed by atoms with E-state index in [1.54, 1.807) is 12.4 Å². The van der Waals surface area contributed by atoms with Gasteiger partial charge in [0.05, 0.1) is 6.42 Å². The van der Waals surface area contributed by atoms with E-state index in [1.165, 1.54) is 12.1 Å². The molecule has 142 valence electrons. The van der Waals surface area contributed by atoms with Crippen molar-refractivity contribution in [3.8, 4) is 22.8 Å². The van der Waals surface area contributed by atoms with Crippen LogP contribution in [0.25, 0.3) is 22.3 Å². The predicted molar refractivity (Wildman–Crippen MR) is 106 cm³/mol. The van der Waals surface area contributed by atoms with Gasteiger partial charge in [-0.1, -0.05) is 30.3 Å². The number of rotatable bonds is 2. The molecule has 0 fully saturated rings.